The molecule has 1 amide bonds. The number of benzene rings is 2. The van der Waals surface area contributed by atoms with Gasteiger partial charge in [-0.25, -0.2) is 9.52 Å². The molecule has 0 unspecified atom stereocenters. The number of nitriles is 1. The first-order valence-corrected chi connectivity index (χ1v) is 7.98. The number of nitrogens with zero attached hydrogens (tertiary/aromatic N) is 1. The topological polar surface area (TPSA) is 108 Å². The van der Waals surface area contributed by atoms with Crippen molar-refractivity contribution in [3.63, 3.8) is 0 Å². The number of anilines is 1. The van der Waals surface area contributed by atoms with Crippen molar-refractivity contribution in [3.05, 3.63) is 65.7 Å². The molecule has 2 aromatic carbocycles. The molecule has 0 spiro atoms. The minimum absolute atomic E-state index is 0.0495. The summed E-state index contributed by atoms with van der Waals surface area (Å²) in [4.78, 5) is 11.5. The van der Waals surface area contributed by atoms with Gasteiger partial charge in [0, 0.05) is 0 Å². The van der Waals surface area contributed by atoms with Gasteiger partial charge in [-0.1, -0.05) is 36.4 Å². The van der Waals surface area contributed by atoms with Crippen LogP contribution in [0.25, 0.3) is 0 Å². The zero-order valence-corrected chi connectivity index (χ0v) is 12.7. The van der Waals surface area contributed by atoms with Gasteiger partial charge in [-0.3, -0.25) is 4.72 Å². The van der Waals surface area contributed by atoms with Gasteiger partial charge < -0.3 is 4.74 Å². The van der Waals surface area contributed by atoms with E-state index in [0.29, 0.717) is 0 Å². The maximum atomic E-state index is 11.8. The average Bonchev–Trinajstić information content (AvgIpc) is 2.53. The van der Waals surface area contributed by atoms with E-state index in [4.69, 9.17) is 10.00 Å². The molecule has 2 rings (SSSR count). The van der Waals surface area contributed by atoms with Crippen molar-refractivity contribution in [2.45, 2.75) is 6.61 Å². The Morgan fingerprint density at radius 1 is 1.13 bits per heavy atom. The molecule has 0 heterocycles. The zero-order chi connectivity index (χ0) is 16.7. The van der Waals surface area contributed by atoms with E-state index in [1.807, 2.05) is 12.1 Å². The fraction of sp³-hybridized carbons (Fsp3) is 0.0667. The molecule has 0 aromatic heterocycles. The number of carbonyl (C=O) groups excluding carboxylic acids is 1. The largest absolute Gasteiger partial charge is 0.444 e. The smallest absolute Gasteiger partial charge is 0.422 e. The second-order valence-corrected chi connectivity index (χ2v) is 5.88. The van der Waals surface area contributed by atoms with Crippen molar-refractivity contribution in [2.75, 3.05) is 4.72 Å². The predicted molar refractivity (Wildman–Crippen MR) is 83.5 cm³/mol. The highest BCUT2D eigenvalue weighted by atomic mass is 32.2. The first-order chi connectivity index (χ1) is 11.0. The molecule has 0 aliphatic rings. The first-order valence-electron chi connectivity index (χ1n) is 6.50. The molecule has 0 bridgehead atoms. The van der Waals surface area contributed by atoms with E-state index in [1.165, 1.54) is 24.3 Å². The Morgan fingerprint density at radius 2 is 1.87 bits per heavy atom. The fourth-order valence-corrected chi connectivity index (χ4v) is 2.46. The molecular weight excluding hydrogens is 318 g/mol. The van der Waals surface area contributed by atoms with E-state index >= 15 is 0 Å². The minimum atomic E-state index is -4.15. The summed E-state index contributed by atoms with van der Waals surface area (Å²) in [6.07, 6.45) is -1.10. The standard InChI is InChI=1S/C15H13N3O4S/c16-10-13-7-4-8-14(9-13)17-23(20,21)18-15(19)22-11-12-5-2-1-3-6-12/h1-9,17H,11H2,(H,18,19). The van der Waals surface area contributed by atoms with Crippen LogP contribution in [-0.2, 0) is 21.6 Å². The first kappa shape index (κ1) is 16.3. The second-order valence-electron chi connectivity index (χ2n) is 4.46. The van der Waals surface area contributed by atoms with Gasteiger partial charge in [-0.05, 0) is 23.8 Å². The predicted octanol–water partition coefficient (Wildman–Crippen LogP) is 2.14. The van der Waals surface area contributed by atoms with Crippen molar-refractivity contribution >= 4 is 22.0 Å². The van der Waals surface area contributed by atoms with E-state index in [2.05, 4.69) is 4.72 Å². The number of amides is 1. The molecule has 2 N–H and O–H groups in total. The molecular formula is C15H13N3O4S. The van der Waals surface area contributed by atoms with Crippen molar-refractivity contribution < 1.29 is 17.9 Å². The average molecular weight is 331 g/mol. The lowest BCUT2D eigenvalue weighted by Gasteiger charge is -2.10. The molecule has 0 fully saturated rings. The van der Waals surface area contributed by atoms with E-state index in [0.717, 1.165) is 5.56 Å². The van der Waals surface area contributed by atoms with Crippen molar-refractivity contribution in [1.29, 1.82) is 5.26 Å². The van der Waals surface area contributed by atoms with Crippen molar-refractivity contribution in [3.8, 4) is 6.07 Å². The summed E-state index contributed by atoms with van der Waals surface area (Å²) < 4.78 is 32.3. The Balaban J connectivity index is 1.92. The summed E-state index contributed by atoms with van der Waals surface area (Å²) in [6.45, 7) is -0.0495. The molecule has 0 saturated carbocycles. The Kier molecular flexibility index (Phi) is 5.17. The van der Waals surface area contributed by atoms with E-state index in [9.17, 15) is 13.2 Å². The fourth-order valence-electron chi connectivity index (χ4n) is 1.70. The molecule has 23 heavy (non-hydrogen) atoms. The van der Waals surface area contributed by atoms with Crippen LogP contribution >= 0.6 is 0 Å². The molecule has 0 aliphatic carbocycles. The van der Waals surface area contributed by atoms with Crippen LogP contribution in [0.4, 0.5) is 10.5 Å². The number of hydrogen-bond donors (Lipinski definition) is 2. The van der Waals surface area contributed by atoms with E-state index < -0.39 is 16.3 Å². The Bertz CT molecular complexity index is 829. The van der Waals surface area contributed by atoms with Crippen LogP contribution in [0.2, 0.25) is 0 Å². The summed E-state index contributed by atoms with van der Waals surface area (Å²) in [7, 11) is -4.15. The van der Waals surface area contributed by atoms with Crippen LogP contribution in [0.15, 0.2) is 54.6 Å². The van der Waals surface area contributed by atoms with Gasteiger partial charge >= 0.3 is 16.3 Å². The van der Waals surface area contributed by atoms with Crippen LogP contribution < -0.4 is 9.44 Å². The number of rotatable bonds is 5. The van der Waals surface area contributed by atoms with Gasteiger partial charge in [0.25, 0.3) is 0 Å². The van der Waals surface area contributed by atoms with Gasteiger partial charge in [0.15, 0.2) is 0 Å². The van der Waals surface area contributed by atoms with E-state index in [-0.39, 0.29) is 17.9 Å². The van der Waals surface area contributed by atoms with Crippen molar-refractivity contribution in [1.82, 2.24) is 4.72 Å². The van der Waals surface area contributed by atoms with Gasteiger partial charge in [-0.2, -0.15) is 13.7 Å². The molecule has 2 aromatic rings. The lowest BCUT2D eigenvalue weighted by atomic mass is 10.2. The SMILES string of the molecule is N#Cc1cccc(NS(=O)(=O)NC(=O)OCc2ccccc2)c1. The van der Waals surface area contributed by atoms with Crippen LogP contribution in [0, 0.1) is 11.3 Å². The minimum Gasteiger partial charge on any atom is -0.444 e. The van der Waals surface area contributed by atoms with Crippen LogP contribution in [0.3, 0.4) is 0 Å². The van der Waals surface area contributed by atoms with Gasteiger partial charge in [0.1, 0.15) is 6.61 Å². The van der Waals surface area contributed by atoms with Crippen LogP contribution in [-0.4, -0.2) is 14.5 Å². The van der Waals surface area contributed by atoms with Crippen molar-refractivity contribution in [2.24, 2.45) is 0 Å². The normalized spacial score (nSPS) is 10.4. The maximum Gasteiger partial charge on any atom is 0.422 e. The van der Waals surface area contributed by atoms with Gasteiger partial charge in [-0.15, -0.1) is 0 Å². The second kappa shape index (κ2) is 7.29. The van der Waals surface area contributed by atoms with Crippen LogP contribution in [0.5, 0.6) is 0 Å². The van der Waals surface area contributed by atoms with E-state index in [1.54, 1.807) is 29.0 Å². The summed E-state index contributed by atoms with van der Waals surface area (Å²) in [5, 5.41) is 8.77. The van der Waals surface area contributed by atoms with Gasteiger partial charge in [0.05, 0.1) is 17.3 Å². The zero-order valence-electron chi connectivity index (χ0n) is 11.9. The summed E-state index contributed by atoms with van der Waals surface area (Å²) in [6, 6.07) is 16.6. The monoisotopic (exact) mass is 331 g/mol. The Hall–Kier alpha value is -3.05. The summed E-state index contributed by atoms with van der Waals surface area (Å²) in [5.74, 6) is 0. The lowest BCUT2D eigenvalue weighted by molar-refractivity contribution is 0.146. The molecule has 0 aliphatic heterocycles. The third kappa shape index (κ3) is 5.33. The van der Waals surface area contributed by atoms with Gasteiger partial charge in [0.2, 0.25) is 0 Å². The van der Waals surface area contributed by atoms with Crippen LogP contribution in [0.1, 0.15) is 11.1 Å². The molecule has 7 nitrogen and oxygen atoms in total. The number of ether oxygens (including phenoxy) is 1. The summed E-state index contributed by atoms with van der Waals surface area (Å²) in [5.41, 5.74) is 1.18. The highest BCUT2D eigenvalue weighted by molar-refractivity contribution is 7.91. The third-order valence-corrected chi connectivity index (χ3v) is 3.61. The highest BCUT2D eigenvalue weighted by Gasteiger charge is 2.15. The number of carbonyl (C=O) groups is 1. The molecule has 8 heteroatoms. The molecule has 0 atom stereocenters. The Labute approximate surface area is 133 Å². The number of nitrogens with one attached hydrogen (secondary N) is 2. The third-order valence-electron chi connectivity index (χ3n) is 2.67. The molecule has 118 valence electrons. The Morgan fingerprint density at radius 3 is 2.57 bits per heavy atom. The lowest BCUT2D eigenvalue weighted by Crippen LogP contribution is -2.35. The molecule has 0 radical (unpaired) electrons. The quantitative estimate of drug-likeness (QED) is 0.872. The molecule has 0 saturated heterocycles. The number of hydrogen-bond acceptors (Lipinski definition) is 5. The highest BCUT2D eigenvalue weighted by Crippen LogP contribution is 2.11. The maximum absolute atomic E-state index is 11.8. The summed E-state index contributed by atoms with van der Waals surface area (Å²) >= 11 is 0.